The molecule has 0 radical (unpaired) electrons. The number of aliphatic carboxylic acids is 1. The third-order valence-electron chi connectivity index (χ3n) is 3.05. The summed E-state index contributed by atoms with van der Waals surface area (Å²) in [5.41, 5.74) is 0.887. The first-order valence-corrected chi connectivity index (χ1v) is 7.09. The van der Waals surface area contributed by atoms with Crippen molar-refractivity contribution < 1.29 is 24.2 Å². The summed E-state index contributed by atoms with van der Waals surface area (Å²) in [5.74, 6) is -2.29. The van der Waals surface area contributed by atoms with Gasteiger partial charge in [0, 0.05) is 5.02 Å². The van der Waals surface area contributed by atoms with Crippen LogP contribution in [0.5, 0.6) is 5.75 Å². The highest BCUT2D eigenvalue weighted by Gasteiger charge is 2.27. The lowest BCUT2D eigenvalue weighted by Gasteiger charge is -2.12. The molecule has 0 amide bonds. The molecule has 1 aromatic carbocycles. The molecule has 0 bridgehead atoms. The molecule has 0 unspecified atom stereocenters. The van der Waals surface area contributed by atoms with Crippen molar-refractivity contribution in [1.29, 1.82) is 0 Å². The summed E-state index contributed by atoms with van der Waals surface area (Å²) in [6, 6.07) is 5.26. The number of ether oxygens (including phenoxy) is 2. The van der Waals surface area contributed by atoms with Gasteiger partial charge < -0.3 is 14.6 Å². The van der Waals surface area contributed by atoms with E-state index in [0.717, 1.165) is 5.56 Å². The second kappa shape index (κ2) is 8.52. The Kier molecular flexibility index (Phi) is 7.02. The van der Waals surface area contributed by atoms with Gasteiger partial charge >= 0.3 is 11.9 Å². The summed E-state index contributed by atoms with van der Waals surface area (Å²) in [4.78, 5) is 22.6. The van der Waals surface area contributed by atoms with Gasteiger partial charge in [0.1, 0.15) is 5.75 Å². The SMILES string of the molecule is CCOC(=O)[C@H](CCCc1cc(Cl)ccc1OC)C(=O)O. The fraction of sp³-hybridized carbons (Fsp3) is 0.467. The van der Waals surface area contributed by atoms with Crippen LogP contribution in [0.2, 0.25) is 5.02 Å². The molecule has 0 aliphatic carbocycles. The summed E-state index contributed by atoms with van der Waals surface area (Å²) < 4.78 is 9.99. The zero-order valence-corrected chi connectivity index (χ0v) is 12.9. The minimum Gasteiger partial charge on any atom is -0.496 e. The summed E-state index contributed by atoms with van der Waals surface area (Å²) in [6.07, 6.45) is 1.31. The molecule has 0 saturated carbocycles. The molecule has 0 spiro atoms. The van der Waals surface area contributed by atoms with E-state index in [1.165, 1.54) is 0 Å². The average Bonchev–Trinajstić information content (AvgIpc) is 2.43. The maximum Gasteiger partial charge on any atom is 0.320 e. The Labute approximate surface area is 128 Å². The first-order chi connectivity index (χ1) is 9.99. The number of carbonyl (C=O) groups is 2. The molecule has 0 aliphatic rings. The standard InChI is InChI=1S/C15H19ClO5/c1-3-21-15(19)12(14(17)18)6-4-5-10-9-11(16)7-8-13(10)20-2/h7-9,12H,3-6H2,1-2H3,(H,17,18)/t12-/m1/s1. The number of hydrogen-bond acceptors (Lipinski definition) is 4. The minimum absolute atomic E-state index is 0.171. The first kappa shape index (κ1) is 17.3. The molecule has 1 atom stereocenters. The molecule has 0 aliphatic heterocycles. The maximum atomic E-state index is 11.6. The third-order valence-corrected chi connectivity index (χ3v) is 3.29. The first-order valence-electron chi connectivity index (χ1n) is 6.71. The highest BCUT2D eigenvalue weighted by atomic mass is 35.5. The van der Waals surface area contributed by atoms with Gasteiger partial charge in [-0.2, -0.15) is 0 Å². The van der Waals surface area contributed by atoms with Gasteiger partial charge in [-0.3, -0.25) is 9.59 Å². The number of methoxy groups -OCH3 is 1. The highest BCUT2D eigenvalue weighted by molar-refractivity contribution is 6.30. The van der Waals surface area contributed by atoms with Gasteiger partial charge in [0.05, 0.1) is 13.7 Å². The van der Waals surface area contributed by atoms with Crippen LogP contribution in [-0.4, -0.2) is 30.8 Å². The number of esters is 1. The third kappa shape index (κ3) is 5.27. The van der Waals surface area contributed by atoms with Crippen LogP contribution in [0.3, 0.4) is 0 Å². The van der Waals surface area contributed by atoms with E-state index < -0.39 is 17.9 Å². The van der Waals surface area contributed by atoms with Gasteiger partial charge in [-0.15, -0.1) is 0 Å². The van der Waals surface area contributed by atoms with Crippen molar-refractivity contribution in [3.05, 3.63) is 28.8 Å². The Morgan fingerprint density at radius 2 is 2.10 bits per heavy atom. The van der Waals surface area contributed by atoms with Crippen molar-refractivity contribution in [2.24, 2.45) is 5.92 Å². The molecule has 0 saturated heterocycles. The van der Waals surface area contributed by atoms with Crippen LogP contribution in [0, 0.1) is 5.92 Å². The van der Waals surface area contributed by atoms with Crippen LogP contribution in [0.15, 0.2) is 18.2 Å². The lowest BCUT2D eigenvalue weighted by molar-refractivity contribution is -0.158. The average molecular weight is 315 g/mol. The van der Waals surface area contributed by atoms with E-state index in [4.69, 9.17) is 26.2 Å². The minimum atomic E-state index is -1.16. The predicted molar refractivity (Wildman–Crippen MR) is 78.7 cm³/mol. The number of aryl methyl sites for hydroxylation is 1. The fourth-order valence-electron chi connectivity index (χ4n) is 2.02. The lowest BCUT2D eigenvalue weighted by Crippen LogP contribution is -2.26. The van der Waals surface area contributed by atoms with Crippen molar-refractivity contribution >= 4 is 23.5 Å². The predicted octanol–water partition coefficient (Wildman–Crippen LogP) is 2.94. The van der Waals surface area contributed by atoms with Crippen molar-refractivity contribution in [1.82, 2.24) is 0 Å². The van der Waals surface area contributed by atoms with Gasteiger partial charge in [-0.25, -0.2) is 0 Å². The van der Waals surface area contributed by atoms with E-state index in [0.29, 0.717) is 23.6 Å². The van der Waals surface area contributed by atoms with Crippen LogP contribution in [0.25, 0.3) is 0 Å². The van der Waals surface area contributed by atoms with E-state index in [1.54, 1.807) is 32.2 Å². The molecule has 1 N–H and O–H groups in total. The largest absolute Gasteiger partial charge is 0.496 e. The van der Waals surface area contributed by atoms with Crippen LogP contribution in [0.1, 0.15) is 25.3 Å². The van der Waals surface area contributed by atoms with Gasteiger partial charge in [-0.1, -0.05) is 11.6 Å². The van der Waals surface area contributed by atoms with Crippen molar-refractivity contribution in [2.45, 2.75) is 26.2 Å². The number of carbonyl (C=O) groups excluding carboxylic acids is 1. The molecule has 116 valence electrons. The summed E-state index contributed by atoms with van der Waals surface area (Å²) in [5, 5.41) is 9.65. The molecular weight excluding hydrogens is 296 g/mol. The molecule has 0 fully saturated rings. The van der Waals surface area contributed by atoms with Gasteiger partial charge in [0.2, 0.25) is 0 Å². The molecule has 5 nitrogen and oxygen atoms in total. The number of rotatable bonds is 8. The second-order valence-electron chi connectivity index (χ2n) is 4.49. The Morgan fingerprint density at radius 1 is 1.38 bits per heavy atom. The van der Waals surface area contributed by atoms with E-state index in [-0.39, 0.29) is 13.0 Å². The van der Waals surface area contributed by atoms with E-state index in [1.807, 2.05) is 0 Å². The van der Waals surface area contributed by atoms with E-state index in [2.05, 4.69) is 0 Å². The van der Waals surface area contributed by atoms with Gasteiger partial charge in [-0.05, 0) is 49.9 Å². The van der Waals surface area contributed by atoms with E-state index >= 15 is 0 Å². The van der Waals surface area contributed by atoms with Crippen molar-refractivity contribution in [2.75, 3.05) is 13.7 Å². The molecule has 21 heavy (non-hydrogen) atoms. The van der Waals surface area contributed by atoms with Crippen LogP contribution >= 0.6 is 11.6 Å². The zero-order valence-electron chi connectivity index (χ0n) is 12.1. The zero-order chi connectivity index (χ0) is 15.8. The van der Waals surface area contributed by atoms with Crippen LogP contribution in [0.4, 0.5) is 0 Å². The van der Waals surface area contributed by atoms with Gasteiger partial charge in [0.15, 0.2) is 5.92 Å². The lowest BCUT2D eigenvalue weighted by atomic mass is 9.99. The molecule has 1 rings (SSSR count). The van der Waals surface area contributed by atoms with Crippen molar-refractivity contribution in [3.8, 4) is 5.75 Å². The van der Waals surface area contributed by atoms with E-state index in [9.17, 15) is 9.59 Å². The Bertz CT molecular complexity index is 501. The number of carboxylic acids is 1. The number of benzene rings is 1. The fourth-order valence-corrected chi connectivity index (χ4v) is 2.22. The molecule has 0 aromatic heterocycles. The summed E-state index contributed by atoms with van der Waals surface area (Å²) in [7, 11) is 1.56. The summed E-state index contributed by atoms with van der Waals surface area (Å²) in [6.45, 7) is 1.82. The number of halogens is 1. The molecule has 0 heterocycles. The highest BCUT2D eigenvalue weighted by Crippen LogP contribution is 2.25. The van der Waals surface area contributed by atoms with Crippen LogP contribution < -0.4 is 4.74 Å². The topological polar surface area (TPSA) is 72.8 Å². The van der Waals surface area contributed by atoms with Crippen molar-refractivity contribution in [3.63, 3.8) is 0 Å². The monoisotopic (exact) mass is 314 g/mol. The number of carboxylic acid groups (broad SMARTS) is 1. The molecular formula is C15H19ClO5. The second-order valence-corrected chi connectivity index (χ2v) is 4.93. The number of hydrogen-bond donors (Lipinski definition) is 1. The molecule has 1 aromatic rings. The molecule has 6 heteroatoms. The Morgan fingerprint density at radius 3 is 2.67 bits per heavy atom. The van der Waals surface area contributed by atoms with Crippen LogP contribution in [-0.2, 0) is 20.7 Å². The summed E-state index contributed by atoms with van der Waals surface area (Å²) >= 11 is 5.93. The smallest absolute Gasteiger partial charge is 0.320 e. The Hall–Kier alpha value is -1.75. The Balaban J connectivity index is 2.64. The normalized spacial score (nSPS) is 11.8. The quantitative estimate of drug-likeness (QED) is 0.590. The van der Waals surface area contributed by atoms with Gasteiger partial charge in [0.25, 0.3) is 0 Å². The maximum absolute atomic E-state index is 11.6.